The number of amides is 4. The van der Waals surface area contributed by atoms with Crippen LogP contribution in [-0.2, 0) is 17.7 Å². The van der Waals surface area contributed by atoms with Gasteiger partial charge in [-0.15, -0.1) is 10.2 Å². The number of anilines is 3. The third kappa shape index (κ3) is 10.2. The second-order valence-electron chi connectivity index (χ2n) is 9.31. The number of ether oxygens (including phenoxy) is 1. The summed E-state index contributed by atoms with van der Waals surface area (Å²) in [6.07, 6.45) is 1.07. The molecule has 0 saturated heterocycles. The molecule has 48 heavy (non-hydrogen) atoms. The quantitative estimate of drug-likeness (QED) is 0.128. The van der Waals surface area contributed by atoms with Gasteiger partial charge in [-0.2, -0.15) is 0 Å². The molecule has 0 atom stereocenters. The van der Waals surface area contributed by atoms with Gasteiger partial charge in [0.1, 0.15) is 0 Å². The van der Waals surface area contributed by atoms with Crippen LogP contribution in [0.1, 0.15) is 39.2 Å². The maximum Gasteiger partial charge on any atom is 0.417 e. The first-order chi connectivity index (χ1) is 23.3. The molecule has 5 rings (SSSR count). The van der Waals surface area contributed by atoms with E-state index in [-0.39, 0.29) is 28.0 Å². The molecule has 0 saturated carbocycles. The van der Waals surface area contributed by atoms with Crippen LogP contribution in [0.2, 0.25) is 5.02 Å². The van der Waals surface area contributed by atoms with E-state index in [1.807, 2.05) is 30.3 Å². The van der Waals surface area contributed by atoms with Crippen molar-refractivity contribution in [3.8, 4) is 0 Å². The lowest BCUT2D eigenvalue weighted by Crippen LogP contribution is -2.31. The lowest BCUT2D eigenvalue weighted by molar-refractivity contribution is 0.0520. The van der Waals surface area contributed by atoms with Gasteiger partial charge in [-0.1, -0.05) is 57.0 Å². The average molecular weight is 710 g/mol. The van der Waals surface area contributed by atoms with Gasteiger partial charge >= 0.3 is 18.1 Å². The SMILES string of the molecule is CCOC(=O)c1nnsc1N(C(=O)O)c1ccccc1.O=C(NCCc1ccccn1)Nc1snnc1C(=O)NCc1ccc(Cl)cc1. The number of halogens is 1. The Labute approximate surface area is 287 Å². The number of urea groups is 1. The van der Waals surface area contributed by atoms with Crippen molar-refractivity contribution in [2.75, 3.05) is 23.4 Å². The Bertz CT molecular complexity index is 1810. The first-order valence-electron chi connectivity index (χ1n) is 14.1. The first kappa shape index (κ1) is 35.3. The summed E-state index contributed by atoms with van der Waals surface area (Å²) < 4.78 is 12.2. The molecule has 0 unspecified atom stereocenters. The maximum atomic E-state index is 12.3. The number of nitrogens with zero attached hydrogens (tertiary/aromatic N) is 6. The number of benzene rings is 2. The van der Waals surface area contributed by atoms with E-state index in [2.05, 4.69) is 40.1 Å². The minimum absolute atomic E-state index is 0.0684. The minimum atomic E-state index is -1.23. The van der Waals surface area contributed by atoms with Gasteiger partial charge in [-0.25, -0.2) is 19.3 Å². The van der Waals surface area contributed by atoms with Crippen LogP contribution in [0, 0.1) is 0 Å². The topological polar surface area (TPSA) is 202 Å². The van der Waals surface area contributed by atoms with Crippen molar-refractivity contribution in [1.29, 1.82) is 0 Å². The number of carbonyl (C=O) groups excluding carboxylic acids is 3. The van der Waals surface area contributed by atoms with Crippen LogP contribution in [0.4, 0.5) is 25.3 Å². The van der Waals surface area contributed by atoms with Crippen LogP contribution in [0.25, 0.3) is 0 Å². The van der Waals surface area contributed by atoms with Gasteiger partial charge in [-0.3, -0.25) is 15.1 Å². The van der Waals surface area contributed by atoms with Crippen LogP contribution < -0.4 is 20.9 Å². The summed E-state index contributed by atoms with van der Waals surface area (Å²) >= 11 is 7.60. The number of rotatable bonds is 11. The summed E-state index contributed by atoms with van der Waals surface area (Å²) in [4.78, 5) is 52.7. The fourth-order valence-corrected chi connectivity index (χ4v) is 5.20. The van der Waals surface area contributed by atoms with E-state index in [9.17, 15) is 24.3 Å². The van der Waals surface area contributed by atoms with E-state index < -0.39 is 24.0 Å². The van der Waals surface area contributed by atoms with Crippen molar-refractivity contribution in [3.05, 3.63) is 107 Å². The summed E-state index contributed by atoms with van der Waals surface area (Å²) in [5.74, 6) is -1.12. The number of pyridine rings is 1. The summed E-state index contributed by atoms with van der Waals surface area (Å²) in [5, 5.41) is 25.9. The number of esters is 1. The van der Waals surface area contributed by atoms with E-state index >= 15 is 0 Å². The van der Waals surface area contributed by atoms with Crippen LogP contribution in [0.5, 0.6) is 0 Å². The summed E-state index contributed by atoms with van der Waals surface area (Å²) in [6.45, 7) is 2.55. The second kappa shape index (κ2) is 18.0. The number of hydrogen-bond donors (Lipinski definition) is 4. The highest BCUT2D eigenvalue weighted by Gasteiger charge is 2.28. The standard InChI is InChI=1S/C18H17ClN6O2S.C12H11N3O4S/c19-13-6-4-12(5-7-13)11-22-16(26)15-17(28-25-24-15)23-18(27)21-10-8-14-3-1-2-9-20-14;1-2-19-11(16)9-10(20-14-13-9)15(12(17)18)8-6-4-3-5-7-8/h1-7,9H,8,10-11H2,(H,22,26)(H2,21,23,27);3-7H,2H2,1H3,(H,17,18). The zero-order chi connectivity index (χ0) is 34.3. The van der Waals surface area contributed by atoms with Crippen molar-refractivity contribution in [3.63, 3.8) is 0 Å². The van der Waals surface area contributed by atoms with Crippen molar-refractivity contribution in [2.45, 2.75) is 19.9 Å². The number of nitrogens with one attached hydrogen (secondary N) is 3. The number of carboxylic acid groups (broad SMARTS) is 1. The fourth-order valence-electron chi connectivity index (χ4n) is 3.84. The molecule has 0 radical (unpaired) electrons. The van der Waals surface area contributed by atoms with Crippen molar-refractivity contribution in [1.82, 2.24) is 34.8 Å². The zero-order valence-electron chi connectivity index (χ0n) is 25.2. The predicted octanol–water partition coefficient (Wildman–Crippen LogP) is 5.41. The molecule has 5 aromatic rings. The van der Waals surface area contributed by atoms with Gasteiger partial charge in [0.05, 0.1) is 12.3 Å². The third-order valence-corrected chi connectivity index (χ3v) is 7.64. The lowest BCUT2D eigenvalue weighted by atomic mass is 10.2. The Morgan fingerprint density at radius 3 is 2.29 bits per heavy atom. The highest BCUT2D eigenvalue weighted by atomic mass is 35.5. The summed E-state index contributed by atoms with van der Waals surface area (Å²) in [6, 6.07) is 20.7. The lowest BCUT2D eigenvalue weighted by Gasteiger charge is -2.17. The highest BCUT2D eigenvalue weighted by molar-refractivity contribution is 7.11. The Morgan fingerprint density at radius 1 is 0.896 bits per heavy atom. The minimum Gasteiger partial charge on any atom is -0.464 e. The first-order valence-corrected chi connectivity index (χ1v) is 16.1. The molecule has 0 aliphatic carbocycles. The number of carbonyl (C=O) groups is 4. The third-order valence-electron chi connectivity index (χ3n) is 6.04. The van der Waals surface area contributed by atoms with E-state index in [0.717, 1.165) is 39.2 Å². The number of para-hydroxylation sites is 1. The Morgan fingerprint density at radius 2 is 1.60 bits per heavy atom. The van der Waals surface area contributed by atoms with Gasteiger partial charge in [-0.05, 0) is 48.9 Å². The molecule has 0 spiro atoms. The Balaban J connectivity index is 0.000000229. The Kier molecular flexibility index (Phi) is 13.2. The normalized spacial score (nSPS) is 10.2. The Hall–Kier alpha value is -5.52. The smallest absolute Gasteiger partial charge is 0.417 e. The van der Waals surface area contributed by atoms with E-state index in [4.69, 9.17) is 16.3 Å². The van der Waals surface area contributed by atoms with Gasteiger partial charge in [0.2, 0.25) is 5.69 Å². The molecule has 0 aliphatic heterocycles. The molecule has 4 N–H and O–H groups in total. The van der Waals surface area contributed by atoms with E-state index in [1.165, 1.54) is 0 Å². The average Bonchev–Trinajstić information content (AvgIpc) is 3.76. The maximum absolute atomic E-state index is 12.3. The van der Waals surface area contributed by atoms with E-state index in [0.29, 0.717) is 30.2 Å². The molecule has 2 aromatic carbocycles. The number of hydrogen-bond acceptors (Lipinski definition) is 12. The molecular formula is C30H28ClN9O6S2. The largest absolute Gasteiger partial charge is 0.464 e. The molecule has 0 fully saturated rings. The monoisotopic (exact) mass is 709 g/mol. The molecule has 3 aromatic heterocycles. The summed E-state index contributed by atoms with van der Waals surface area (Å²) in [7, 11) is 0. The molecule has 3 heterocycles. The van der Waals surface area contributed by atoms with Crippen molar-refractivity contribution < 1.29 is 29.0 Å². The van der Waals surface area contributed by atoms with Crippen molar-refractivity contribution in [2.24, 2.45) is 0 Å². The van der Waals surface area contributed by atoms with Gasteiger partial charge in [0, 0.05) is 59.5 Å². The van der Waals surface area contributed by atoms with Crippen molar-refractivity contribution >= 4 is 74.4 Å². The van der Waals surface area contributed by atoms with Crippen LogP contribution in [0.3, 0.4) is 0 Å². The van der Waals surface area contributed by atoms with Gasteiger partial charge in [0.15, 0.2) is 15.7 Å². The fraction of sp³-hybridized carbons (Fsp3) is 0.167. The highest BCUT2D eigenvalue weighted by Crippen LogP contribution is 2.31. The number of aromatic nitrogens is 5. The molecule has 4 amide bonds. The molecule has 0 bridgehead atoms. The van der Waals surface area contributed by atoms with Crippen LogP contribution in [0.15, 0.2) is 79.0 Å². The summed E-state index contributed by atoms with van der Waals surface area (Å²) in [5.41, 5.74) is 2.13. The molecule has 18 heteroatoms. The van der Waals surface area contributed by atoms with Crippen LogP contribution >= 0.6 is 34.7 Å². The zero-order valence-corrected chi connectivity index (χ0v) is 27.6. The van der Waals surface area contributed by atoms with E-state index in [1.54, 1.807) is 55.6 Å². The predicted molar refractivity (Wildman–Crippen MR) is 180 cm³/mol. The van der Waals surface area contributed by atoms with Crippen LogP contribution in [-0.4, -0.2) is 66.4 Å². The second-order valence-corrected chi connectivity index (χ2v) is 11.2. The van der Waals surface area contributed by atoms with Gasteiger partial charge < -0.3 is 20.5 Å². The molecule has 248 valence electrons. The molecular weight excluding hydrogens is 682 g/mol. The van der Waals surface area contributed by atoms with Gasteiger partial charge in [0.25, 0.3) is 5.91 Å². The molecule has 15 nitrogen and oxygen atoms in total. The molecule has 0 aliphatic rings.